The van der Waals surface area contributed by atoms with Gasteiger partial charge in [0.1, 0.15) is 0 Å². The van der Waals surface area contributed by atoms with Gasteiger partial charge in [-0.25, -0.2) is 0 Å². The predicted octanol–water partition coefficient (Wildman–Crippen LogP) is 11.2. The van der Waals surface area contributed by atoms with Crippen LogP contribution in [0.4, 0.5) is 0 Å². The van der Waals surface area contributed by atoms with Crippen LogP contribution in [-0.2, 0) is 5.41 Å². The van der Waals surface area contributed by atoms with Gasteiger partial charge in [-0.3, -0.25) is 9.97 Å². The Labute approximate surface area is 262 Å². The third-order valence-corrected chi connectivity index (χ3v) is 9.75. The molecule has 8 aromatic rings. The van der Waals surface area contributed by atoms with Gasteiger partial charge in [0.2, 0.25) is 0 Å². The van der Waals surface area contributed by atoms with E-state index in [1.54, 1.807) is 0 Å². The van der Waals surface area contributed by atoms with Crippen LogP contribution in [0.25, 0.3) is 77.1 Å². The number of nitrogens with zero attached hydrogens (tertiary/aromatic N) is 2. The Kier molecular flexibility index (Phi) is 5.58. The van der Waals surface area contributed by atoms with Crippen LogP contribution >= 0.6 is 0 Å². The highest BCUT2D eigenvalue weighted by Crippen LogP contribution is 2.50. The second-order valence-electron chi connectivity index (χ2n) is 12.7. The molecular weight excluding hydrogens is 544 g/mol. The van der Waals surface area contributed by atoms with E-state index in [0.717, 1.165) is 27.4 Å². The van der Waals surface area contributed by atoms with Gasteiger partial charge < -0.3 is 0 Å². The summed E-state index contributed by atoms with van der Waals surface area (Å²) in [6, 6.07) is 48.8. The first-order chi connectivity index (χ1) is 22.0. The van der Waals surface area contributed by atoms with Crippen molar-refractivity contribution in [2.45, 2.75) is 19.3 Å². The number of benzene rings is 6. The Bertz CT molecular complexity index is 2470. The SMILES string of the molecule is CC1(C)c2ccccc2-c2cc(-c3cc(-c4ccc5cccnc5c4)ccc3-c3ccc4c(ccc5cccnc54)c3)ccc21. The molecule has 0 atom stereocenters. The molecule has 0 fully saturated rings. The van der Waals surface area contributed by atoms with Crippen molar-refractivity contribution in [2.24, 2.45) is 0 Å². The molecule has 1 aliphatic carbocycles. The van der Waals surface area contributed by atoms with Gasteiger partial charge in [-0.05, 0) is 97.4 Å². The normalized spacial score (nSPS) is 13.3. The first-order valence-corrected chi connectivity index (χ1v) is 15.6. The largest absolute Gasteiger partial charge is 0.256 e. The maximum absolute atomic E-state index is 4.70. The lowest BCUT2D eigenvalue weighted by Gasteiger charge is -2.21. The van der Waals surface area contributed by atoms with E-state index < -0.39 is 0 Å². The van der Waals surface area contributed by atoms with E-state index in [9.17, 15) is 0 Å². The predicted molar refractivity (Wildman–Crippen MR) is 188 cm³/mol. The highest BCUT2D eigenvalue weighted by molar-refractivity contribution is 6.06. The fourth-order valence-corrected chi connectivity index (χ4v) is 7.39. The van der Waals surface area contributed by atoms with Crippen LogP contribution in [0.5, 0.6) is 0 Å². The summed E-state index contributed by atoms with van der Waals surface area (Å²) in [6.07, 6.45) is 3.74. The molecule has 0 spiro atoms. The summed E-state index contributed by atoms with van der Waals surface area (Å²) in [5, 5.41) is 4.68. The first kappa shape index (κ1) is 25.9. The monoisotopic (exact) mass is 574 g/mol. The molecule has 0 amide bonds. The molecule has 6 aromatic carbocycles. The van der Waals surface area contributed by atoms with E-state index >= 15 is 0 Å². The molecule has 45 heavy (non-hydrogen) atoms. The summed E-state index contributed by atoms with van der Waals surface area (Å²) in [5.41, 5.74) is 14.7. The van der Waals surface area contributed by atoms with E-state index in [2.05, 4.69) is 140 Å². The lowest BCUT2D eigenvalue weighted by Crippen LogP contribution is -2.14. The van der Waals surface area contributed by atoms with Gasteiger partial charge in [0.25, 0.3) is 0 Å². The molecule has 1 aliphatic rings. The highest BCUT2D eigenvalue weighted by atomic mass is 14.6. The van der Waals surface area contributed by atoms with Crippen molar-refractivity contribution in [3.8, 4) is 44.5 Å². The second kappa shape index (κ2) is 9.70. The molecule has 2 heteroatoms. The van der Waals surface area contributed by atoms with Crippen LogP contribution in [0.3, 0.4) is 0 Å². The summed E-state index contributed by atoms with van der Waals surface area (Å²) < 4.78 is 0. The molecule has 9 rings (SSSR count). The van der Waals surface area contributed by atoms with Crippen LogP contribution in [0.1, 0.15) is 25.0 Å². The summed E-state index contributed by atoms with van der Waals surface area (Å²) in [6.45, 7) is 4.68. The Morgan fingerprint density at radius 1 is 0.422 bits per heavy atom. The van der Waals surface area contributed by atoms with Crippen molar-refractivity contribution < 1.29 is 0 Å². The number of pyridine rings is 2. The number of rotatable bonds is 3. The number of aromatic nitrogens is 2. The molecule has 0 saturated heterocycles. The molecule has 0 bridgehead atoms. The summed E-state index contributed by atoms with van der Waals surface area (Å²) in [5.74, 6) is 0. The molecule has 212 valence electrons. The van der Waals surface area contributed by atoms with Crippen molar-refractivity contribution in [3.05, 3.63) is 157 Å². The van der Waals surface area contributed by atoms with Gasteiger partial charge in [0.15, 0.2) is 0 Å². The van der Waals surface area contributed by atoms with Gasteiger partial charge in [0.05, 0.1) is 11.0 Å². The summed E-state index contributed by atoms with van der Waals surface area (Å²) in [7, 11) is 0. The molecule has 2 aromatic heterocycles. The number of hydrogen-bond donors (Lipinski definition) is 0. The quantitative estimate of drug-likeness (QED) is 0.196. The van der Waals surface area contributed by atoms with Gasteiger partial charge in [-0.15, -0.1) is 0 Å². The zero-order valence-electron chi connectivity index (χ0n) is 25.3. The Morgan fingerprint density at radius 3 is 2.02 bits per heavy atom. The van der Waals surface area contributed by atoms with E-state index in [-0.39, 0.29) is 5.41 Å². The van der Waals surface area contributed by atoms with E-state index in [1.807, 2.05) is 24.5 Å². The van der Waals surface area contributed by atoms with E-state index in [0.29, 0.717) is 0 Å². The van der Waals surface area contributed by atoms with Gasteiger partial charge in [0, 0.05) is 34.0 Å². The lowest BCUT2D eigenvalue weighted by atomic mass is 9.82. The minimum atomic E-state index is -0.0254. The van der Waals surface area contributed by atoms with Crippen LogP contribution in [0.15, 0.2) is 146 Å². The molecule has 0 radical (unpaired) electrons. The Morgan fingerprint density at radius 2 is 1.09 bits per heavy atom. The Balaban J connectivity index is 1.26. The second-order valence-corrected chi connectivity index (χ2v) is 12.7. The summed E-state index contributed by atoms with van der Waals surface area (Å²) in [4.78, 5) is 9.33. The van der Waals surface area contributed by atoms with Gasteiger partial charge in [-0.2, -0.15) is 0 Å². The van der Waals surface area contributed by atoms with Crippen molar-refractivity contribution in [1.29, 1.82) is 0 Å². The average Bonchev–Trinajstić information content (AvgIpc) is 3.33. The maximum atomic E-state index is 4.70. The van der Waals surface area contributed by atoms with Crippen LogP contribution < -0.4 is 0 Å². The molecule has 2 heterocycles. The van der Waals surface area contributed by atoms with Crippen molar-refractivity contribution >= 4 is 32.6 Å². The van der Waals surface area contributed by atoms with Crippen LogP contribution in [0, 0.1) is 0 Å². The Hall–Kier alpha value is -5.60. The highest BCUT2D eigenvalue weighted by Gasteiger charge is 2.35. The molecule has 0 unspecified atom stereocenters. The third-order valence-electron chi connectivity index (χ3n) is 9.75. The average molecular weight is 575 g/mol. The van der Waals surface area contributed by atoms with Crippen LogP contribution in [-0.4, -0.2) is 9.97 Å². The maximum Gasteiger partial charge on any atom is 0.0780 e. The third kappa shape index (κ3) is 4.03. The fraction of sp³-hybridized carbons (Fsp3) is 0.0698. The number of hydrogen-bond acceptors (Lipinski definition) is 2. The van der Waals surface area contributed by atoms with E-state index in [1.165, 1.54) is 60.8 Å². The van der Waals surface area contributed by atoms with Crippen molar-refractivity contribution in [1.82, 2.24) is 9.97 Å². The lowest BCUT2D eigenvalue weighted by molar-refractivity contribution is 0.660. The molecule has 0 N–H and O–H groups in total. The molecule has 2 nitrogen and oxygen atoms in total. The molecular formula is C43H30N2. The van der Waals surface area contributed by atoms with Crippen LogP contribution in [0.2, 0.25) is 0 Å². The zero-order chi connectivity index (χ0) is 30.1. The van der Waals surface area contributed by atoms with Crippen molar-refractivity contribution in [2.75, 3.05) is 0 Å². The molecule has 0 aliphatic heterocycles. The number of fused-ring (bicyclic) bond motifs is 7. The topological polar surface area (TPSA) is 25.8 Å². The first-order valence-electron chi connectivity index (χ1n) is 15.6. The zero-order valence-corrected chi connectivity index (χ0v) is 25.3. The van der Waals surface area contributed by atoms with Crippen molar-refractivity contribution in [3.63, 3.8) is 0 Å². The smallest absolute Gasteiger partial charge is 0.0780 e. The molecule has 0 saturated carbocycles. The fourth-order valence-electron chi connectivity index (χ4n) is 7.39. The van der Waals surface area contributed by atoms with E-state index in [4.69, 9.17) is 4.98 Å². The van der Waals surface area contributed by atoms with Gasteiger partial charge >= 0.3 is 0 Å². The van der Waals surface area contributed by atoms with Gasteiger partial charge in [-0.1, -0.05) is 111 Å². The minimum Gasteiger partial charge on any atom is -0.256 e. The standard InChI is InChI=1S/C43H30N2/c1-43(2)39-10-4-3-9-36(39)38-25-33(17-20-40(38)43)37-24-29(30-13-11-27-7-5-21-44-41(27)26-30)15-18-34(37)31-16-19-35-32(23-31)14-12-28-8-6-22-45-42(28)35/h3-26H,1-2H3. The summed E-state index contributed by atoms with van der Waals surface area (Å²) >= 11 is 0. The minimum absolute atomic E-state index is 0.0254.